The van der Waals surface area contributed by atoms with Crippen LogP contribution in [-0.2, 0) is 0 Å². The van der Waals surface area contributed by atoms with Crippen LogP contribution in [0.5, 0.6) is 0 Å². The number of piperidine rings is 1. The van der Waals surface area contributed by atoms with Crippen molar-refractivity contribution in [1.29, 1.82) is 0 Å². The Bertz CT molecular complexity index is 425. The monoisotopic (exact) mass is 238 g/mol. The first-order valence-electron chi connectivity index (χ1n) is 5.66. The molecule has 92 valence electrons. The molecule has 1 aliphatic rings. The van der Waals surface area contributed by atoms with E-state index in [1.165, 1.54) is 12.3 Å². The third kappa shape index (κ3) is 2.44. The van der Waals surface area contributed by atoms with Gasteiger partial charge in [-0.2, -0.15) is 0 Å². The number of carbonyl (C=O) groups is 1. The Morgan fingerprint density at radius 2 is 2.41 bits per heavy atom. The van der Waals surface area contributed by atoms with Gasteiger partial charge in [0.1, 0.15) is 0 Å². The first-order valence-corrected chi connectivity index (χ1v) is 5.66. The lowest BCUT2D eigenvalue weighted by Crippen LogP contribution is -2.45. The Kier molecular flexibility index (Phi) is 3.38. The number of hydrogen-bond acceptors (Lipinski definition) is 3. The van der Waals surface area contributed by atoms with Crippen LogP contribution in [0.2, 0.25) is 0 Å². The predicted molar refractivity (Wildman–Crippen MR) is 59.9 cm³/mol. The van der Waals surface area contributed by atoms with E-state index in [2.05, 4.69) is 4.98 Å². The van der Waals surface area contributed by atoms with Crippen LogP contribution >= 0.6 is 0 Å². The topological polar surface area (TPSA) is 53.4 Å². The Balaban J connectivity index is 2.14. The Labute approximate surface area is 99.1 Å². The summed E-state index contributed by atoms with van der Waals surface area (Å²) in [6, 6.07) is 1.38. The van der Waals surface area contributed by atoms with Crippen molar-refractivity contribution in [1.82, 2.24) is 9.88 Å². The number of rotatable bonds is 1. The molecular weight excluding hydrogens is 223 g/mol. The molecule has 4 nitrogen and oxygen atoms in total. The summed E-state index contributed by atoms with van der Waals surface area (Å²) in [7, 11) is 0. The van der Waals surface area contributed by atoms with E-state index in [1.54, 1.807) is 4.90 Å². The van der Waals surface area contributed by atoms with Gasteiger partial charge in [-0.05, 0) is 18.4 Å². The molecule has 1 amide bonds. The molecule has 1 aromatic rings. The average molecular weight is 238 g/mol. The number of nitrogens with zero attached hydrogens (tertiary/aromatic N) is 2. The summed E-state index contributed by atoms with van der Waals surface area (Å²) < 4.78 is 13.4. The Morgan fingerprint density at radius 3 is 3.06 bits per heavy atom. The summed E-state index contributed by atoms with van der Waals surface area (Å²) in [6.07, 6.45) is 2.61. The highest BCUT2D eigenvalue weighted by Gasteiger charge is 2.28. The van der Waals surface area contributed by atoms with Crippen LogP contribution in [-0.4, -0.2) is 40.1 Å². The average Bonchev–Trinajstić information content (AvgIpc) is 2.32. The van der Waals surface area contributed by atoms with Crippen LogP contribution < -0.4 is 0 Å². The summed E-state index contributed by atoms with van der Waals surface area (Å²) in [5.41, 5.74) is 0.0450. The number of carbonyl (C=O) groups excluding carboxylic acids is 1. The van der Waals surface area contributed by atoms with Gasteiger partial charge in [0.05, 0.1) is 17.9 Å². The van der Waals surface area contributed by atoms with Gasteiger partial charge in [0, 0.05) is 19.3 Å². The third-order valence-electron chi connectivity index (χ3n) is 3.15. The summed E-state index contributed by atoms with van der Waals surface area (Å²) in [5, 5.41) is 9.58. The molecule has 0 aromatic carbocycles. The number of likely N-dealkylation sites (tertiary alicyclic amines) is 1. The van der Waals surface area contributed by atoms with Crippen LogP contribution in [0.15, 0.2) is 18.5 Å². The maximum Gasteiger partial charge on any atom is 0.256 e. The molecule has 0 aliphatic carbocycles. The number of aliphatic hydroxyl groups excluding tert-OH is 1. The van der Waals surface area contributed by atoms with Crippen molar-refractivity contribution >= 4 is 5.91 Å². The quantitative estimate of drug-likeness (QED) is 0.796. The van der Waals surface area contributed by atoms with Crippen LogP contribution in [0.3, 0.4) is 0 Å². The van der Waals surface area contributed by atoms with Crippen molar-refractivity contribution < 1.29 is 14.3 Å². The molecule has 0 spiro atoms. The van der Waals surface area contributed by atoms with Crippen LogP contribution in [0.25, 0.3) is 0 Å². The SMILES string of the molecule is CC1CN(C(=O)c2ccncc2F)CCC1O. The molecule has 0 saturated carbocycles. The molecule has 1 aromatic heterocycles. The molecule has 2 unspecified atom stereocenters. The molecule has 5 heteroatoms. The van der Waals surface area contributed by atoms with Crippen molar-refractivity contribution in [2.24, 2.45) is 5.92 Å². The molecule has 0 bridgehead atoms. The minimum Gasteiger partial charge on any atom is -0.393 e. The van der Waals surface area contributed by atoms with Crippen molar-refractivity contribution in [3.63, 3.8) is 0 Å². The second-order valence-corrected chi connectivity index (χ2v) is 4.44. The van der Waals surface area contributed by atoms with Gasteiger partial charge in [0.15, 0.2) is 5.82 Å². The van der Waals surface area contributed by atoms with Gasteiger partial charge in [0.2, 0.25) is 0 Å². The second kappa shape index (κ2) is 4.79. The minimum atomic E-state index is -0.601. The fourth-order valence-corrected chi connectivity index (χ4v) is 2.04. The highest BCUT2D eigenvalue weighted by molar-refractivity contribution is 5.94. The van der Waals surface area contributed by atoms with E-state index in [0.29, 0.717) is 19.5 Å². The van der Waals surface area contributed by atoms with E-state index in [1.807, 2.05) is 6.92 Å². The normalized spacial score (nSPS) is 24.8. The minimum absolute atomic E-state index is 0.0256. The summed E-state index contributed by atoms with van der Waals surface area (Å²) in [4.78, 5) is 17.2. The molecule has 0 radical (unpaired) electrons. The molecular formula is C12H15FN2O2. The van der Waals surface area contributed by atoms with E-state index in [9.17, 15) is 14.3 Å². The maximum atomic E-state index is 13.4. The van der Waals surface area contributed by atoms with E-state index in [-0.39, 0.29) is 23.5 Å². The van der Waals surface area contributed by atoms with Crippen molar-refractivity contribution in [2.75, 3.05) is 13.1 Å². The highest BCUT2D eigenvalue weighted by Crippen LogP contribution is 2.19. The summed E-state index contributed by atoms with van der Waals surface area (Å²) in [5.74, 6) is -0.905. The summed E-state index contributed by atoms with van der Waals surface area (Å²) in [6.45, 7) is 2.81. The molecule has 17 heavy (non-hydrogen) atoms. The van der Waals surface area contributed by atoms with E-state index < -0.39 is 5.82 Å². The van der Waals surface area contributed by atoms with Gasteiger partial charge in [-0.3, -0.25) is 9.78 Å². The van der Waals surface area contributed by atoms with Gasteiger partial charge in [-0.1, -0.05) is 6.92 Å². The molecule has 2 heterocycles. The molecule has 1 saturated heterocycles. The van der Waals surface area contributed by atoms with Gasteiger partial charge in [-0.25, -0.2) is 4.39 Å². The van der Waals surface area contributed by atoms with Gasteiger partial charge >= 0.3 is 0 Å². The zero-order valence-electron chi connectivity index (χ0n) is 9.64. The van der Waals surface area contributed by atoms with Crippen molar-refractivity contribution in [3.05, 3.63) is 29.8 Å². The van der Waals surface area contributed by atoms with E-state index in [0.717, 1.165) is 6.20 Å². The maximum absolute atomic E-state index is 13.4. The largest absolute Gasteiger partial charge is 0.393 e. The second-order valence-electron chi connectivity index (χ2n) is 4.44. The Morgan fingerprint density at radius 1 is 1.65 bits per heavy atom. The fraction of sp³-hybridized carbons (Fsp3) is 0.500. The lowest BCUT2D eigenvalue weighted by Gasteiger charge is -2.34. The van der Waals surface area contributed by atoms with Crippen LogP contribution in [0, 0.1) is 11.7 Å². The van der Waals surface area contributed by atoms with E-state index >= 15 is 0 Å². The van der Waals surface area contributed by atoms with Crippen LogP contribution in [0.1, 0.15) is 23.7 Å². The standard InChI is InChI=1S/C12H15FN2O2/c1-8-7-15(5-3-11(8)16)12(17)9-2-4-14-6-10(9)13/h2,4,6,8,11,16H,3,5,7H2,1H3. The van der Waals surface area contributed by atoms with Crippen molar-refractivity contribution in [2.45, 2.75) is 19.4 Å². The highest BCUT2D eigenvalue weighted by atomic mass is 19.1. The van der Waals surface area contributed by atoms with Crippen LogP contribution in [0.4, 0.5) is 4.39 Å². The molecule has 1 aliphatic heterocycles. The number of aromatic nitrogens is 1. The number of pyridine rings is 1. The number of amides is 1. The number of aliphatic hydroxyl groups is 1. The third-order valence-corrected chi connectivity index (χ3v) is 3.15. The zero-order valence-corrected chi connectivity index (χ0v) is 9.64. The summed E-state index contributed by atoms with van der Waals surface area (Å²) >= 11 is 0. The first kappa shape index (κ1) is 12.0. The Hall–Kier alpha value is -1.49. The molecule has 2 rings (SSSR count). The predicted octanol–water partition coefficient (Wildman–Crippen LogP) is 1.06. The molecule has 1 N–H and O–H groups in total. The zero-order chi connectivity index (χ0) is 12.4. The molecule has 1 fully saturated rings. The lowest BCUT2D eigenvalue weighted by molar-refractivity contribution is 0.0295. The van der Waals surface area contributed by atoms with Crippen molar-refractivity contribution in [3.8, 4) is 0 Å². The lowest BCUT2D eigenvalue weighted by atomic mass is 9.96. The fourth-order valence-electron chi connectivity index (χ4n) is 2.04. The molecule has 2 atom stereocenters. The van der Waals surface area contributed by atoms with Gasteiger partial charge in [-0.15, -0.1) is 0 Å². The van der Waals surface area contributed by atoms with Gasteiger partial charge in [0.25, 0.3) is 5.91 Å². The smallest absolute Gasteiger partial charge is 0.256 e. The first-order chi connectivity index (χ1) is 8.09. The number of hydrogen-bond donors (Lipinski definition) is 1. The van der Waals surface area contributed by atoms with Gasteiger partial charge < -0.3 is 10.0 Å². The van der Waals surface area contributed by atoms with E-state index in [4.69, 9.17) is 0 Å². The number of halogens is 1.